The fourth-order valence-electron chi connectivity index (χ4n) is 2.01. The van der Waals surface area contributed by atoms with Crippen molar-refractivity contribution in [3.63, 3.8) is 0 Å². The van der Waals surface area contributed by atoms with Crippen molar-refractivity contribution in [2.24, 2.45) is 0 Å². The fraction of sp³-hybridized carbons (Fsp3) is 0.909. The van der Waals surface area contributed by atoms with Gasteiger partial charge in [0.1, 0.15) is 0 Å². The third-order valence-electron chi connectivity index (χ3n) is 3.18. The lowest BCUT2D eigenvalue weighted by molar-refractivity contribution is -0.128. The maximum absolute atomic E-state index is 11.5. The van der Waals surface area contributed by atoms with Gasteiger partial charge >= 0.3 is 0 Å². The van der Waals surface area contributed by atoms with Crippen LogP contribution in [0.5, 0.6) is 0 Å². The molecule has 1 heterocycles. The largest absolute Gasteiger partial charge is 0.339 e. The zero-order chi connectivity index (χ0) is 10.6. The van der Waals surface area contributed by atoms with Gasteiger partial charge in [0.2, 0.25) is 5.91 Å². The summed E-state index contributed by atoms with van der Waals surface area (Å²) in [7, 11) is 0. The van der Waals surface area contributed by atoms with Gasteiger partial charge in [-0.05, 0) is 26.4 Å². The van der Waals surface area contributed by atoms with E-state index in [-0.39, 0.29) is 0 Å². The van der Waals surface area contributed by atoms with Gasteiger partial charge in [0.15, 0.2) is 0 Å². The minimum absolute atomic E-state index is 0.338. The van der Waals surface area contributed by atoms with Crippen LogP contribution in [-0.2, 0) is 4.79 Å². The van der Waals surface area contributed by atoms with Crippen molar-refractivity contribution in [1.82, 2.24) is 9.80 Å². The molecular weight excluding hydrogens is 176 g/mol. The van der Waals surface area contributed by atoms with Crippen LogP contribution in [-0.4, -0.2) is 47.9 Å². The van der Waals surface area contributed by atoms with Crippen molar-refractivity contribution in [1.29, 1.82) is 0 Å². The van der Waals surface area contributed by atoms with Crippen molar-refractivity contribution in [2.45, 2.75) is 39.7 Å². The Balaban J connectivity index is 2.32. The summed E-state index contributed by atoms with van der Waals surface area (Å²) in [4.78, 5) is 15.9. The van der Waals surface area contributed by atoms with Crippen molar-refractivity contribution < 1.29 is 4.79 Å². The van der Waals surface area contributed by atoms with Gasteiger partial charge in [-0.25, -0.2) is 0 Å². The molecule has 0 spiro atoms. The average Bonchev–Trinajstić information content (AvgIpc) is 2.50. The minimum Gasteiger partial charge on any atom is -0.339 e. The second-order valence-electron chi connectivity index (χ2n) is 4.00. The number of amides is 1. The van der Waals surface area contributed by atoms with E-state index in [2.05, 4.69) is 25.7 Å². The Hall–Kier alpha value is -0.570. The van der Waals surface area contributed by atoms with Gasteiger partial charge in [0.25, 0.3) is 0 Å². The Labute approximate surface area is 87.1 Å². The molecule has 0 aliphatic carbocycles. The highest BCUT2D eigenvalue weighted by Crippen LogP contribution is 2.17. The molecule has 1 aliphatic heterocycles. The van der Waals surface area contributed by atoms with Crippen molar-refractivity contribution in [3.8, 4) is 0 Å². The SMILES string of the molecule is CCN(CC)CCN1C(=O)CCC1C. The third-order valence-corrected chi connectivity index (χ3v) is 3.18. The number of rotatable bonds is 5. The lowest BCUT2D eigenvalue weighted by Crippen LogP contribution is -2.38. The molecule has 0 bridgehead atoms. The van der Waals surface area contributed by atoms with Crippen LogP contribution in [0.25, 0.3) is 0 Å². The summed E-state index contributed by atoms with van der Waals surface area (Å²) < 4.78 is 0. The molecule has 0 aromatic heterocycles. The molecule has 1 amide bonds. The van der Waals surface area contributed by atoms with Gasteiger partial charge in [-0.1, -0.05) is 13.8 Å². The van der Waals surface area contributed by atoms with Gasteiger partial charge in [-0.15, -0.1) is 0 Å². The maximum atomic E-state index is 11.5. The number of hydrogen-bond acceptors (Lipinski definition) is 2. The molecule has 1 rings (SSSR count). The second kappa shape index (κ2) is 5.35. The smallest absolute Gasteiger partial charge is 0.222 e. The van der Waals surface area contributed by atoms with Gasteiger partial charge in [0, 0.05) is 25.6 Å². The van der Waals surface area contributed by atoms with Crippen molar-refractivity contribution in [3.05, 3.63) is 0 Å². The normalized spacial score (nSPS) is 22.4. The minimum atomic E-state index is 0.338. The monoisotopic (exact) mass is 198 g/mol. The Kier molecular flexibility index (Phi) is 4.39. The van der Waals surface area contributed by atoms with Crippen LogP contribution in [0.1, 0.15) is 33.6 Å². The predicted octanol–water partition coefficient (Wildman–Crippen LogP) is 1.34. The van der Waals surface area contributed by atoms with Crippen LogP contribution in [0.15, 0.2) is 0 Å². The summed E-state index contributed by atoms with van der Waals surface area (Å²) in [6, 6.07) is 0.457. The van der Waals surface area contributed by atoms with E-state index in [4.69, 9.17) is 0 Å². The summed E-state index contributed by atoms with van der Waals surface area (Å²) in [5, 5.41) is 0. The van der Waals surface area contributed by atoms with E-state index in [9.17, 15) is 4.79 Å². The predicted molar refractivity (Wildman–Crippen MR) is 58.2 cm³/mol. The number of hydrogen-bond donors (Lipinski definition) is 0. The number of likely N-dealkylation sites (tertiary alicyclic amines) is 1. The molecule has 82 valence electrons. The molecular formula is C11H22N2O. The van der Waals surface area contributed by atoms with Crippen LogP contribution < -0.4 is 0 Å². The first-order chi connectivity index (χ1) is 6.69. The molecule has 0 aromatic carbocycles. The molecule has 1 saturated heterocycles. The molecule has 0 N–H and O–H groups in total. The first-order valence-corrected chi connectivity index (χ1v) is 5.70. The van der Waals surface area contributed by atoms with Crippen molar-refractivity contribution >= 4 is 5.91 Å². The summed E-state index contributed by atoms with van der Waals surface area (Å²) in [5.74, 6) is 0.338. The summed E-state index contributed by atoms with van der Waals surface area (Å²) in [6.45, 7) is 10.6. The highest BCUT2D eigenvalue weighted by atomic mass is 16.2. The highest BCUT2D eigenvalue weighted by Gasteiger charge is 2.26. The number of carbonyl (C=O) groups excluding carboxylic acids is 1. The van der Waals surface area contributed by atoms with Crippen LogP contribution in [0, 0.1) is 0 Å². The number of likely N-dealkylation sites (N-methyl/N-ethyl adjacent to an activating group) is 1. The van der Waals surface area contributed by atoms with E-state index in [1.54, 1.807) is 0 Å². The average molecular weight is 198 g/mol. The molecule has 14 heavy (non-hydrogen) atoms. The number of nitrogens with zero attached hydrogens (tertiary/aromatic N) is 2. The zero-order valence-electron chi connectivity index (χ0n) is 9.62. The molecule has 0 aromatic rings. The van der Waals surface area contributed by atoms with E-state index in [1.807, 2.05) is 4.90 Å². The van der Waals surface area contributed by atoms with Crippen molar-refractivity contribution in [2.75, 3.05) is 26.2 Å². The Morgan fingerprint density at radius 1 is 1.43 bits per heavy atom. The van der Waals surface area contributed by atoms with E-state index in [0.717, 1.165) is 39.0 Å². The second-order valence-corrected chi connectivity index (χ2v) is 4.00. The Morgan fingerprint density at radius 3 is 2.50 bits per heavy atom. The topological polar surface area (TPSA) is 23.6 Å². The van der Waals surface area contributed by atoms with E-state index < -0.39 is 0 Å². The van der Waals surface area contributed by atoms with Crippen LogP contribution in [0.4, 0.5) is 0 Å². The van der Waals surface area contributed by atoms with Gasteiger partial charge in [-0.3, -0.25) is 4.79 Å². The Morgan fingerprint density at radius 2 is 2.07 bits per heavy atom. The first-order valence-electron chi connectivity index (χ1n) is 5.70. The van der Waals surface area contributed by atoms with E-state index in [1.165, 1.54) is 0 Å². The lowest BCUT2D eigenvalue weighted by atomic mass is 10.2. The third kappa shape index (κ3) is 2.71. The molecule has 0 radical (unpaired) electrons. The standard InChI is InChI=1S/C11H22N2O/c1-4-12(5-2)8-9-13-10(3)6-7-11(13)14/h10H,4-9H2,1-3H3. The van der Waals surface area contributed by atoms with Gasteiger partial charge in [0.05, 0.1) is 0 Å². The summed E-state index contributed by atoms with van der Waals surface area (Å²) in [6.07, 6.45) is 1.79. The summed E-state index contributed by atoms with van der Waals surface area (Å²) >= 11 is 0. The molecule has 1 fully saturated rings. The van der Waals surface area contributed by atoms with Crippen LogP contribution >= 0.6 is 0 Å². The molecule has 3 nitrogen and oxygen atoms in total. The van der Waals surface area contributed by atoms with E-state index in [0.29, 0.717) is 11.9 Å². The molecule has 1 atom stereocenters. The fourth-order valence-corrected chi connectivity index (χ4v) is 2.01. The molecule has 0 saturated carbocycles. The molecule has 1 unspecified atom stereocenters. The number of carbonyl (C=O) groups is 1. The summed E-state index contributed by atoms with van der Waals surface area (Å²) in [5.41, 5.74) is 0. The lowest BCUT2D eigenvalue weighted by Gasteiger charge is -2.25. The molecule has 1 aliphatic rings. The van der Waals surface area contributed by atoms with Gasteiger partial charge < -0.3 is 9.80 Å². The quantitative estimate of drug-likeness (QED) is 0.665. The van der Waals surface area contributed by atoms with Crippen LogP contribution in [0.2, 0.25) is 0 Å². The maximum Gasteiger partial charge on any atom is 0.222 e. The zero-order valence-corrected chi connectivity index (χ0v) is 9.62. The Bertz CT molecular complexity index is 190. The van der Waals surface area contributed by atoms with E-state index >= 15 is 0 Å². The first kappa shape index (κ1) is 11.5. The van der Waals surface area contributed by atoms with Crippen LogP contribution in [0.3, 0.4) is 0 Å². The molecule has 3 heteroatoms. The highest BCUT2D eigenvalue weighted by molar-refractivity contribution is 5.78. The van der Waals surface area contributed by atoms with Gasteiger partial charge in [-0.2, -0.15) is 0 Å².